The van der Waals surface area contributed by atoms with Gasteiger partial charge in [-0.3, -0.25) is 14.4 Å². The van der Waals surface area contributed by atoms with Crippen LogP contribution in [0.15, 0.2) is 0 Å². The molecule has 0 aromatic heterocycles. The molecular weight excluding hydrogens is 200 g/mol. The van der Waals surface area contributed by atoms with Crippen molar-refractivity contribution in [2.24, 2.45) is 17.6 Å². The Morgan fingerprint density at radius 3 is 2.20 bits per heavy atom. The number of amides is 2. The van der Waals surface area contributed by atoms with Crippen molar-refractivity contribution < 1.29 is 19.5 Å². The topological polar surface area (TPSA) is 109 Å². The average Bonchev–Trinajstić information content (AvgIpc) is 2.01. The molecular formula is C9H16N2O4. The zero-order valence-corrected chi connectivity index (χ0v) is 8.82. The number of aliphatic carboxylic acids is 1. The van der Waals surface area contributed by atoms with Crippen molar-refractivity contribution in [1.82, 2.24) is 5.32 Å². The summed E-state index contributed by atoms with van der Waals surface area (Å²) in [6.45, 7) is 3.41. The summed E-state index contributed by atoms with van der Waals surface area (Å²) in [5.74, 6) is -3.32. The Morgan fingerprint density at radius 2 is 1.87 bits per heavy atom. The van der Waals surface area contributed by atoms with Crippen molar-refractivity contribution >= 4 is 17.8 Å². The maximum atomic E-state index is 11.4. The highest BCUT2D eigenvalue weighted by Gasteiger charge is 2.27. The summed E-state index contributed by atoms with van der Waals surface area (Å²) in [7, 11) is 0. The molecule has 0 saturated heterocycles. The van der Waals surface area contributed by atoms with Crippen LogP contribution in [0.5, 0.6) is 0 Å². The molecule has 0 bridgehead atoms. The molecule has 0 rings (SSSR count). The molecule has 0 aliphatic heterocycles. The summed E-state index contributed by atoms with van der Waals surface area (Å²) in [6, 6.07) is 0. The monoisotopic (exact) mass is 216 g/mol. The average molecular weight is 216 g/mol. The van der Waals surface area contributed by atoms with Crippen LogP contribution in [0, 0.1) is 11.8 Å². The second-order valence-electron chi connectivity index (χ2n) is 3.56. The zero-order chi connectivity index (χ0) is 12.0. The van der Waals surface area contributed by atoms with E-state index in [0.29, 0.717) is 0 Å². The number of nitrogens with one attached hydrogen (secondary N) is 1. The minimum absolute atomic E-state index is 0.00463. The van der Waals surface area contributed by atoms with Crippen molar-refractivity contribution in [1.29, 1.82) is 0 Å². The third-order valence-electron chi connectivity index (χ3n) is 1.89. The van der Waals surface area contributed by atoms with E-state index in [9.17, 15) is 14.4 Å². The van der Waals surface area contributed by atoms with Crippen molar-refractivity contribution in [2.75, 3.05) is 6.54 Å². The molecule has 0 aliphatic rings. The quantitative estimate of drug-likeness (QED) is 0.512. The van der Waals surface area contributed by atoms with Crippen LogP contribution in [-0.2, 0) is 14.4 Å². The van der Waals surface area contributed by atoms with E-state index in [0.717, 1.165) is 0 Å². The first-order chi connectivity index (χ1) is 6.86. The first-order valence-corrected chi connectivity index (χ1v) is 4.65. The van der Waals surface area contributed by atoms with Crippen molar-refractivity contribution in [3.8, 4) is 0 Å². The van der Waals surface area contributed by atoms with E-state index in [4.69, 9.17) is 10.8 Å². The molecule has 1 unspecified atom stereocenters. The predicted octanol–water partition coefficient (Wildman–Crippen LogP) is -0.665. The molecule has 6 nitrogen and oxygen atoms in total. The van der Waals surface area contributed by atoms with Gasteiger partial charge in [0, 0.05) is 6.54 Å². The van der Waals surface area contributed by atoms with E-state index < -0.39 is 23.7 Å². The largest absolute Gasteiger partial charge is 0.481 e. The van der Waals surface area contributed by atoms with Gasteiger partial charge in [0.15, 0.2) is 0 Å². The van der Waals surface area contributed by atoms with Crippen LogP contribution in [-0.4, -0.2) is 29.4 Å². The van der Waals surface area contributed by atoms with E-state index >= 15 is 0 Å². The first kappa shape index (κ1) is 13.4. The van der Waals surface area contributed by atoms with Gasteiger partial charge in [-0.05, 0) is 5.92 Å². The predicted molar refractivity (Wildman–Crippen MR) is 52.8 cm³/mol. The Balaban J connectivity index is 4.16. The number of hydrogen-bond donors (Lipinski definition) is 3. The van der Waals surface area contributed by atoms with Crippen molar-refractivity contribution in [3.63, 3.8) is 0 Å². The van der Waals surface area contributed by atoms with E-state index in [-0.39, 0.29) is 18.9 Å². The lowest BCUT2D eigenvalue weighted by molar-refractivity contribution is -0.137. The minimum atomic E-state index is -1.00. The third-order valence-corrected chi connectivity index (χ3v) is 1.89. The number of carboxylic acid groups (broad SMARTS) is 1. The maximum absolute atomic E-state index is 11.4. The number of carbonyl (C=O) groups is 3. The van der Waals surface area contributed by atoms with Gasteiger partial charge in [-0.1, -0.05) is 13.8 Å². The fourth-order valence-electron chi connectivity index (χ4n) is 1.16. The summed E-state index contributed by atoms with van der Waals surface area (Å²) in [6.07, 6.45) is -0.171. The molecule has 0 fully saturated rings. The van der Waals surface area contributed by atoms with Gasteiger partial charge in [-0.25, -0.2) is 0 Å². The molecule has 15 heavy (non-hydrogen) atoms. The normalized spacial score (nSPS) is 12.2. The van der Waals surface area contributed by atoms with Crippen LogP contribution in [0.1, 0.15) is 20.3 Å². The highest BCUT2D eigenvalue weighted by atomic mass is 16.4. The zero-order valence-electron chi connectivity index (χ0n) is 8.82. The van der Waals surface area contributed by atoms with Crippen LogP contribution < -0.4 is 11.1 Å². The lowest BCUT2D eigenvalue weighted by Crippen LogP contribution is -2.42. The minimum Gasteiger partial charge on any atom is -0.481 e. The van der Waals surface area contributed by atoms with E-state index in [2.05, 4.69) is 5.32 Å². The number of rotatable bonds is 6. The third kappa shape index (κ3) is 4.99. The first-order valence-electron chi connectivity index (χ1n) is 4.65. The van der Waals surface area contributed by atoms with Gasteiger partial charge in [0.25, 0.3) is 0 Å². The van der Waals surface area contributed by atoms with Gasteiger partial charge in [-0.2, -0.15) is 0 Å². The van der Waals surface area contributed by atoms with E-state index in [1.54, 1.807) is 13.8 Å². The Hall–Kier alpha value is -1.59. The van der Waals surface area contributed by atoms with Crippen LogP contribution in [0.4, 0.5) is 0 Å². The lowest BCUT2D eigenvalue weighted by Gasteiger charge is -2.16. The Kier molecular flexibility index (Phi) is 5.36. The van der Waals surface area contributed by atoms with Crippen molar-refractivity contribution in [3.05, 3.63) is 0 Å². The van der Waals surface area contributed by atoms with Crippen LogP contribution in [0.3, 0.4) is 0 Å². The van der Waals surface area contributed by atoms with Crippen LogP contribution >= 0.6 is 0 Å². The highest BCUT2D eigenvalue weighted by molar-refractivity contribution is 5.99. The molecule has 0 aliphatic carbocycles. The molecule has 6 heteroatoms. The molecule has 2 amide bonds. The molecule has 1 atom stereocenters. The Morgan fingerprint density at radius 1 is 1.33 bits per heavy atom. The van der Waals surface area contributed by atoms with Gasteiger partial charge in [0.1, 0.15) is 5.92 Å². The van der Waals surface area contributed by atoms with Gasteiger partial charge in [-0.15, -0.1) is 0 Å². The summed E-state index contributed by atoms with van der Waals surface area (Å²) >= 11 is 0. The summed E-state index contributed by atoms with van der Waals surface area (Å²) in [4.78, 5) is 32.5. The van der Waals surface area contributed by atoms with E-state index in [1.165, 1.54) is 0 Å². The van der Waals surface area contributed by atoms with Gasteiger partial charge in [0.05, 0.1) is 6.42 Å². The highest BCUT2D eigenvalue weighted by Crippen LogP contribution is 2.09. The lowest BCUT2D eigenvalue weighted by atomic mass is 9.94. The van der Waals surface area contributed by atoms with Crippen LogP contribution in [0.2, 0.25) is 0 Å². The standard InChI is InChI=1S/C9H16N2O4/c1-5(2)7(8(10)14)9(15)11-4-3-6(12)13/h5,7H,3-4H2,1-2H3,(H2,10,14)(H,11,15)(H,12,13). The fraction of sp³-hybridized carbons (Fsp3) is 0.667. The second kappa shape index (κ2) is 6.00. The molecule has 0 aromatic rings. The second-order valence-corrected chi connectivity index (χ2v) is 3.56. The summed E-state index contributed by atoms with van der Waals surface area (Å²) < 4.78 is 0. The fourth-order valence-corrected chi connectivity index (χ4v) is 1.16. The Labute approximate surface area is 87.8 Å². The molecule has 4 N–H and O–H groups in total. The maximum Gasteiger partial charge on any atom is 0.305 e. The smallest absolute Gasteiger partial charge is 0.305 e. The molecule has 0 radical (unpaired) electrons. The van der Waals surface area contributed by atoms with Gasteiger partial charge >= 0.3 is 5.97 Å². The van der Waals surface area contributed by atoms with Crippen molar-refractivity contribution in [2.45, 2.75) is 20.3 Å². The molecule has 0 heterocycles. The number of nitrogens with two attached hydrogens (primary N) is 1. The van der Waals surface area contributed by atoms with Gasteiger partial charge in [0.2, 0.25) is 11.8 Å². The number of carboxylic acids is 1. The molecule has 0 saturated carbocycles. The van der Waals surface area contributed by atoms with E-state index in [1.807, 2.05) is 0 Å². The number of carbonyl (C=O) groups excluding carboxylic acids is 2. The van der Waals surface area contributed by atoms with Crippen LogP contribution in [0.25, 0.3) is 0 Å². The summed E-state index contributed by atoms with van der Waals surface area (Å²) in [5.41, 5.74) is 5.05. The Bertz CT molecular complexity index is 263. The molecule has 0 spiro atoms. The number of hydrogen-bond acceptors (Lipinski definition) is 3. The molecule has 86 valence electrons. The summed E-state index contributed by atoms with van der Waals surface area (Å²) in [5, 5.41) is 10.7. The van der Waals surface area contributed by atoms with Gasteiger partial charge < -0.3 is 16.2 Å². The number of primary amides is 1. The molecule has 0 aromatic carbocycles. The SMILES string of the molecule is CC(C)C(C(N)=O)C(=O)NCCC(=O)O.